The molecule has 0 spiro atoms. The maximum Gasteiger partial charge on any atom is 0.256 e. The molecule has 4 aromatic rings. The normalized spacial score (nSPS) is 10.6. The van der Waals surface area contributed by atoms with E-state index in [0.717, 1.165) is 11.1 Å². The second-order valence-corrected chi connectivity index (χ2v) is 7.82. The lowest BCUT2D eigenvalue weighted by Crippen LogP contribution is -2.30. The van der Waals surface area contributed by atoms with Gasteiger partial charge in [0.15, 0.2) is 11.5 Å². The molecule has 8 heteroatoms. The highest BCUT2D eigenvalue weighted by molar-refractivity contribution is 5.92. The van der Waals surface area contributed by atoms with Gasteiger partial charge < -0.3 is 24.8 Å². The summed E-state index contributed by atoms with van der Waals surface area (Å²) in [6.45, 7) is 0.128. The van der Waals surface area contributed by atoms with Crippen LogP contribution in [0.1, 0.15) is 5.56 Å². The SMILES string of the molecule is COc1ccc(NC(=O)Cn2c(=O)c(CNc3ccccc3)cc3cc(OC)c(OC)cc32)cc1. The number of carbonyl (C=O) groups excluding carboxylic acids is 1. The summed E-state index contributed by atoms with van der Waals surface area (Å²) in [5.41, 5.74) is 2.32. The number of carbonyl (C=O) groups is 1. The van der Waals surface area contributed by atoms with E-state index in [4.69, 9.17) is 14.2 Å². The van der Waals surface area contributed by atoms with E-state index in [9.17, 15) is 9.59 Å². The molecule has 0 fully saturated rings. The van der Waals surface area contributed by atoms with Crippen LogP contribution in [0.15, 0.2) is 77.6 Å². The van der Waals surface area contributed by atoms with Gasteiger partial charge in [-0.25, -0.2) is 0 Å². The smallest absolute Gasteiger partial charge is 0.256 e. The van der Waals surface area contributed by atoms with E-state index in [1.165, 1.54) is 11.7 Å². The van der Waals surface area contributed by atoms with Crippen LogP contribution in [0, 0.1) is 0 Å². The molecule has 3 aromatic carbocycles. The third-order valence-corrected chi connectivity index (χ3v) is 5.61. The first-order chi connectivity index (χ1) is 17.0. The standard InChI is InChI=1S/C27H27N3O5/c1-33-22-11-9-21(10-12-22)29-26(31)17-30-23-15-25(35-3)24(34-2)14-18(23)13-19(27(30)32)16-28-20-7-5-4-6-8-20/h4-15,28H,16-17H2,1-3H3,(H,29,31). The van der Waals surface area contributed by atoms with Crippen molar-refractivity contribution in [2.24, 2.45) is 0 Å². The van der Waals surface area contributed by atoms with Crippen molar-refractivity contribution in [3.05, 3.63) is 88.7 Å². The Bertz CT molecular complexity index is 1380. The lowest BCUT2D eigenvalue weighted by Gasteiger charge is -2.16. The van der Waals surface area contributed by atoms with Crippen molar-refractivity contribution in [1.82, 2.24) is 4.57 Å². The van der Waals surface area contributed by atoms with Gasteiger partial charge in [-0.1, -0.05) is 18.2 Å². The first-order valence-corrected chi connectivity index (χ1v) is 11.0. The monoisotopic (exact) mass is 473 g/mol. The molecule has 0 bridgehead atoms. The van der Waals surface area contributed by atoms with E-state index in [-0.39, 0.29) is 18.0 Å². The molecule has 1 heterocycles. The van der Waals surface area contributed by atoms with Crippen LogP contribution < -0.4 is 30.4 Å². The Labute approximate surface area is 203 Å². The Morgan fingerprint density at radius 1 is 0.829 bits per heavy atom. The molecule has 35 heavy (non-hydrogen) atoms. The topological polar surface area (TPSA) is 90.8 Å². The predicted molar refractivity (Wildman–Crippen MR) is 137 cm³/mol. The van der Waals surface area contributed by atoms with Crippen molar-refractivity contribution in [3.8, 4) is 17.2 Å². The first kappa shape index (κ1) is 23.7. The summed E-state index contributed by atoms with van der Waals surface area (Å²) in [6, 6.07) is 21.9. The van der Waals surface area contributed by atoms with E-state index in [1.54, 1.807) is 50.6 Å². The molecule has 8 nitrogen and oxygen atoms in total. The predicted octanol–water partition coefficient (Wildman–Crippen LogP) is 4.28. The maximum atomic E-state index is 13.5. The van der Waals surface area contributed by atoms with Gasteiger partial charge in [0.25, 0.3) is 5.56 Å². The number of anilines is 2. The Hall–Kier alpha value is -4.46. The molecule has 4 rings (SSSR count). The van der Waals surface area contributed by atoms with Crippen LogP contribution in [0.3, 0.4) is 0 Å². The van der Waals surface area contributed by atoms with Crippen LogP contribution in [0.5, 0.6) is 17.2 Å². The number of benzene rings is 3. The minimum absolute atomic E-state index is 0.171. The van der Waals surface area contributed by atoms with E-state index in [0.29, 0.717) is 40.6 Å². The number of methoxy groups -OCH3 is 3. The van der Waals surface area contributed by atoms with Crippen molar-refractivity contribution < 1.29 is 19.0 Å². The number of nitrogens with zero attached hydrogens (tertiary/aromatic N) is 1. The van der Waals surface area contributed by atoms with Gasteiger partial charge in [0.05, 0.1) is 26.8 Å². The van der Waals surface area contributed by atoms with Crippen molar-refractivity contribution in [2.75, 3.05) is 32.0 Å². The lowest BCUT2D eigenvalue weighted by atomic mass is 10.1. The van der Waals surface area contributed by atoms with Crippen LogP contribution in [0.4, 0.5) is 11.4 Å². The average Bonchev–Trinajstić information content (AvgIpc) is 2.89. The number of para-hydroxylation sites is 1. The van der Waals surface area contributed by atoms with Gasteiger partial charge >= 0.3 is 0 Å². The fourth-order valence-electron chi connectivity index (χ4n) is 3.82. The van der Waals surface area contributed by atoms with Crippen molar-refractivity contribution in [1.29, 1.82) is 0 Å². The van der Waals surface area contributed by atoms with E-state index < -0.39 is 0 Å². The number of ether oxygens (including phenoxy) is 3. The Morgan fingerprint density at radius 3 is 2.17 bits per heavy atom. The second kappa shape index (κ2) is 10.6. The van der Waals surface area contributed by atoms with Crippen molar-refractivity contribution in [3.63, 3.8) is 0 Å². The molecule has 0 atom stereocenters. The number of nitrogens with one attached hydrogen (secondary N) is 2. The number of hydrogen-bond acceptors (Lipinski definition) is 6. The first-order valence-electron chi connectivity index (χ1n) is 11.0. The summed E-state index contributed by atoms with van der Waals surface area (Å²) in [6.07, 6.45) is 0. The molecular formula is C27H27N3O5. The molecule has 0 aliphatic rings. The summed E-state index contributed by atoms with van der Waals surface area (Å²) >= 11 is 0. The molecule has 1 aromatic heterocycles. The van der Waals surface area contributed by atoms with Gasteiger partial charge in [-0.3, -0.25) is 14.2 Å². The Morgan fingerprint density at radius 2 is 1.51 bits per heavy atom. The number of aromatic nitrogens is 1. The molecule has 1 amide bonds. The Balaban J connectivity index is 1.70. The van der Waals surface area contributed by atoms with Crippen LogP contribution in [-0.2, 0) is 17.9 Å². The molecule has 0 aliphatic carbocycles. The van der Waals surface area contributed by atoms with E-state index in [1.807, 2.05) is 36.4 Å². The minimum atomic E-state index is -0.332. The summed E-state index contributed by atoms with van der Waals surface area (Å²) in [7, 11) is 4.66. The molecule has 0 saturated heterocycles. The zero-order chi connectivity index (χ0) is 24.8. The second-order valence-electron chi connectivity index (χ2n) is 7.82. The molecule has 0 unspecified atom stereocenters. The zero-order valence-electron chi connectivity index (χ0n) is 19.8. The van der Waals surface area contributed by atoms with Gasteiger partial charge in [0, 0.05) is 34.9 Å². The zero-order valence-corrected chi connectivity index (χ0v) is 19.8. The van der Waals surface area contributed by atoms with E-state index in [2.05, 4.69) is 10.6 Å². The fraction of sp³-hybridized carbons (Fsp3) is 0.185. The minimum Gasteiger partial charge on any atom is -0.497 e. The third kappa shape index (κ3) is 5.38. The van der Waals surface area contributed by atoms with Gasteiger partial charge in [0.2, 0.25) is 5.91 Å². The third-order valence-electron chi connectivity index (χ3n) is 5.61. The van der Waals surface area contributed by atoms with Crippen LogP contribution >= 0.6 is 0 Å². The molecule has 2 N–H and O–H groups in total. The molecule has 0 aliphatic heterocycles. The highest BCUT2D eigenvalue weighted by Crippen LogP contribution is 2.32. The van der Waals surface area contributed by atoms with Crippen LogP contribution in [-0.4, -0.2) is 31.8 Å². The number of amides is 1. The van der Waals surface area contributed by atoms with Gasteiger partial charge in [-0.05, 0) is 48.5 Å². The number of rotatable bonds is 9. The van der Waals surface area contributed by atoms with E-state index >= 15 is 0 Å². The van der Waals surface area contributed by atoms with Crippen molar-refractivity contribution in [2.45, 2.75) is 13.1 Å². The molecule has 0 saturated carbocycles. The van der Waals surface area contributed by atoms with Gasteiger partial charge in [-0.2, -0.15) is 0 Å². The summed E-state index contributed by atoms with van der Waals surface area (Å²) < 4.78 is 17.5. The lowest BCUT2D eigenvalue weighted by molar-refractivity contribution is -0.116. The maximum absolute atomic E-state index is 13.5. The number of pyridine rings is 1. The average molecular weight is 474 g/mol. The highest BCUT2D eigenvalue weighted by atomic mass is 16.5. The van der Waals surface area contributed by atoms with Crippen LogP contribution in [0.25, 0.3) is 10.9 Å². The highest BCUT2D eigenvalue weighted by Gasteiger charge is 2.16. The Kier molecular flexibility index (Phi) is 7.21. The fourth-order valence-corrected chi connectivity index (χ4v) is 3.82. The molecule has 180 valence electrons. The van der Waals surface area contributed by atoms with Gasteiger partial charge in [0.1, 0.15) is 12.3 Å². The summed E-state index contributed by atoms with van der Waals surface area (Å²) in [5.74, 6) is 1.36. The molecular weight excluding hydrogens is 446 g/mol. The summed E-state index contributed by atoms with van der Waals surface area (Å²) in [5, 5.41) is 6.86. The quantitative estimate of drug-likeness (QED) is 0.377. The number of hydrogen-bond donors (Lipinski definition) is 2. The number of fused-ring (bicyclic) bond motifs is 1. The van der Waals surface area contributed by atoms with Gasteiger partial charge in [-0.15, -0.1) is 0 Å². The van der Waals surface area contributed by atoms with Crippen molar-refractivity contribution >= 4 is 28.2 Å². The molecule has 0 radical (unpaired) electrons. The van der Waals surface area contributed by atoms with Crippen LogP contribution in [0.2, 0.25) is 0 Å². The summed E-state index contributed by atoms with van der Waals surface area (Å²) in [4.78, 5) is 26.4. The largest absolute Gasteiger partial charge is 0.497 e.